The van der Waals surface area contributed by atoms with Crippen LogP contribution in [0.25, 0.3) is 0 Å². The average Bonchev–Trinajstić information content (AvgIpc) is 2.84. The fourth-order valence-electron chi connectivity index (χ4n) is 2.69. The molecule has 0 amide bonds. The van der Waals surface area contributed by atoms with E-state index in [0.717, 1.165) is 43.1 Å². The summed E-state index contributed by atoms with van der Waals surface area (Å²) in [6, 6.07) is 5.83. The number of carbonyl (C=O) groups is 1. The summed E-state index contributed by atoms with van der Waals surface area (Å²) in [4.78, 5) is 13.0. The van der Waals surface area contributed by atoms with Gasteiger partial charge in [0.25, 0.3) is 0 Å². The van der Waals surface area contributed by atoms with E-state index in [1.807, 2.05) is 18.2 Å². The summed E-state index contributed by atoms with van der Waals surface area (Å²) in [5.74, 6) is 1.11. The monoisotopic (exact) mass is 279 g/mol. The Bertz CT molecular complexity index is 453. The van der Waals surface area contributed by atoms with E-state index >= 15 is 0 Å². The van der Waals surface area contributed by atoms with E-state index in [9.17, 15) is 4.79 Å². The van der Waals surface area contributed by atoms with Crippen LogP contribution < -0.4 is 9.47 Å². The van der Waals surface area contributed by atoms with Crippen molar-refractivity contribution in [2.24, 2.45) is 5.92 Å². The number of carboxylic acids is 1. The highest BCUT2D eigenvalue weighted by atomic mass is 16.5. The molecule has 1 heterocycles. The lowest BCUT2D eigenvalue weighted by Gasteiger charge is -2.17. The van der Waals surface area contributed by atoms with E-state index in [-0.39, 0.29) is 12.3 Å². The van der Waals surface area contributed by atoms with Gasteiger partial charge in [0.15, 0.2) is 0 Å². The maximum absolute atomic E-state index is 10.7. The highest BCUT2D eigenvalue weighted by molar-refractivity contribution is 5.67. The molecule has 0 spiro atoms. The lowest BCUT2D eigenvalue weighted by Crippen LogP contribution is -2.20. The summed E-state index contributed by atoms with van der Waals surface area (Å²) in [5.41, 5.74) is 1.12. The molecule has 0 saturated carbocycles. The van der Waals surface area contributed by atoms with Gasteiger partial charge in [-0.3, -0.25) is 9.69 Å². The smallest absolute Gasteiger partial charge is 0.303 e. The van der Waals surface area contributed by atoms with Crippen LogP contribution in [-0.2, 0) is 11.3 Å². The first-order chi connectivity index (χ1) is 9.60. The maximum Gasteiger partial charge on any atom is 0.303 e. The fourth-order valence-corrected chi connectivity index (χ4v) is 2.69. The van der Waals surface area contributed by atoms with Crippen molar-refractivity contribution >= 4 is 5.97 Å². The Morgan fingerprint density at radius 2 is 1.95 bits per heavy atom. The van der Waals surface area contributed by atoms with Gasteiger partial charge in [0.2, 0.25) is 0 Å². The normalized spacial score (nSPS) is 19.0. The number of methoxy groups -OCH3 is 2. The molecule has 5 nitrogen and oxygen atoms in total. The van der Waals surface area contributed by atoms with Gasteiger partial charge in [-0.25, -0.2) is 0 Å². The first-order valence-electron chi connectivity index (χ1n) is 6.77. The van der Waals surface area contributed by atoms with Crippen LogP contribution in [0.4, 0.5) is 0 Å². The topological polar surface area (TPSA) is 59.0 Å². The fraction of sp³-hybridized carbons (Fsp3) is 0.533. The van der Waals surface area contributed by atoms with E-state index in [1.54, 1.807) is 14.2 Å². The molecule has 1 saturated heterocycles. The summed E-state index contributed by atoms with van der Waals surface area (Å²) in [6.07, 6.45) is 1.21. The summed E-state index contributed by atoms with van der Waals surface area (Å²) < 4.78 is 10.5. The molecule has 1 aromatic rings. The molecule has 1 atom stereocenters. The molecule has 5 heteroatoms. The third-order valence-corrected chi connectivity index (χ3v) is 3.65. The molecular formula is C15H21NO4. The van der Waals surface area contributed by atoms with Crippen molar-refractivity contribution in [1.82, 2.24) is 4.90 Å². The van der Waals surface area contributed by atoms with Crippen molar-refractivity contribution in [2.45, 2.75) is 19.4 Å². The van der Waals surface area contributed by atoms with Gasteiger partial charge < -0.3 is 14.6 Å². The van der Waals surface area contributed by atoms with E-state index in [4.69, 9.17) is 14.6 Å². The molecule has 1 unspecified atom stereocenters. The molecule has 1 N–H and O–H groups in total. The van der Waals surface area contributed by atoms with Crippen molar-refractivity contribution < 1.29 is 19.4 Å². The first kappa shape index (κ1) is 14.7. The first-order valence-corrected chi connectivity index (χ1v) is 6.77. The van der Waals surface area contributed by atoms with Gasteiger partial charge in [-0.2, -0.15) is 0 Å². The Labute approximate surface area is 119 Å². The van der Waals surface area contributed by atoms with Crippen molar-refractivity contribution in [2.75, 3.05) is 27.3 Å². The second kappa shape index (κ2) is 6.61. The molecule has 1 fully saturated rings. The summed E-state index contributed by atoms with van der Waals surface area (Å²) >= 11 is 0. The minimum absolute atomic E-state index is 0.262. The number of rotatable bonds is 6. The van der Waals surface area contributed by atoms with E-state index < -0.39 is 5.97 Å². The van der Waals surface area contributed by atoms with Crippen LogP contribution in [0.15, 0.2) is 18.2 Å². The van der Waals surface area contributed by atoms with Gasteiger partial charge in [0, 0.05) is 25.6 Å². The van der Waals surface area contributed by atoms with Crippen LogP contribution in [0.1, 0.15) is 18.4 Å². The molecule has 0 bridgehead atoms. The second-order valence-corrected chi connectivity index (χ2v) is 5.21. The second-order valence-electron chi connectivity index (χ2n) is 5.21. The molecule has 20 heavy (non-hydrogen) atoms. The Balaban J connectivity index is 1.98. The van der Waals surface area contributed by atoms with Crippen LogP contribution in [0, 0.1) is 5.92 Å². The molecule has 1 aliphatic heterocycles. The van der Waals surface area contributed by atoms with Crippen molar-refractivity contribution in [3.05, 3.63) is 23.8 Å². The molecule has 0 aromatic heterocycles. The molecule has 0 aliphatic carbocycles. The molecule has 0 radical (unpaired) electrons. The lowest BCUT2D eigenvalue weighted by atomic mass is 10.1. The summed E-state index contributed by atoms with van der Waals surface area (Å²) in [6.45, 7) is 2.58. The van der Waals surface area contributed by atoms with Crippen LogP contribution in [0.5, 0.6) is 11.5 Å². The van der Waals surface area contributed by atoms with Crippen LogP contribution >= 0.6 is 0 Å². The van der Waals surface area contributed by atoms with E-state index in [2.05, 4.69) is 4.90 Å². The number of nitrogens with zero attached hydrogens (tertiary/aromatic N) is 1. The number of carboxylic acid groups (broad SMARTS) is 1. The van der Waals surface area contributed by atoms with Crippen molar-refractivity contribution in [3.8, 4) is 11.5 Å². The molecule has 2 rings (SSSR count). The zero-order chi connectivity index (χ0) is 14.5. The van der Waals surface area contributed by atoms with E-state index in [1.165, 1.54) is 0 Å². The number of aliphatic carboxylic acids is 1. The largest absolute Gasteiger partial charge is 0.497 e. The summed E-state index contributed by atoms with van der Waals surface area (Å²) in [7, 11) is 3.27. The van der Waals surface area contributed by atoms with Crippen LogP contribution in [-0.4, -0.2) is 43.3 Å². The van der Waals surface area contributed by atoms with Crippen LogP contribution in [0.2, 0.25) is 0 Å². The number of ether oxygens (including phenoxy) is 2. The zero-order valence-electron chi connectivity index (χ0n) is 12.0. The zero-order valence-corrected chi connectivity index (χ0v) is 12.0. The number of hydrogen-bond donors (Lipinski definition) is 1. The molecular weight excluding hydrogens is 258 g/mol. The number of benzene rings is 1. The van der Waals surface area contributed by atoms with Gasteiger partial charge in [-0.05, 0) is 36.6 Å². The third kappa shape index (κ3) is 3.87. The van der Waals surface area contributed by atoms with Gasteiger partial charge in [0.05, 0.1) is 14.2 Å². The molecule has 110 valence electrons. The number of likely N-dealkylation sites (tertiary alicyclic amines) is 1. The predicted molar refractivity (Wildman–Crippen MR) is 75.2 cm³/mol. The Morgan fingerprint density at radius 3 is 2.50 bits per heavy atom. The standard InChI is InChI=1S/C15H21NO4/c1-19-13-5-12(6-14(8-13)20-2)10-16-4-3-11(9-16)7-15(17)18/h5-6,8,11H,3-4,7,9-10H2,1-2H3,(H,17,18). The van der Waals surface area contributed by atoms with E-state index in [0.29, 0.717) is 0 Å². The minimum Gasteiger partial charge on any atom is -0.497 e. The lowest BCUT2D eigenvalue weighted by molar-refractivity contribution is -0.138. The van der Waals surface area contributed by atoms with Gasteiger partial charge >= 0.3 is 5.97 Å². The van der Waals surface area contributed by atoms with Gasteiger partial charge in [-0.15, -0.1) is 0 Å². The SMILES string of the molecule is COc1cc(CN2CCC(CC(=O)O)C2)cc(OC)c1. The predicted octanol–water partition coefficient (Wildman–Crippen LogP) is 2.00. The number of hydrogen-bond acceptors (Lipinski definition) is 4. The maximum atomic E-state index is 10.7. The van der Waals surface area contributed by atoms with Crippen molar-refractivity contribution in [1.29, 1.82) is 0 Å². The Hall–Kier alpha value is -1.75. The Kier molecular flexibility index (Phi) is 4.84. The Morgan fingerprint density at radius 1 is 1.30 bits per heavy atom. The minimum atomic E-state index is -0.708. The quantitative estimate of drug-likeness (QED) is 0.863. The third-order valence-electron chi connectivity index (χ3n) is 3.65. The summed E-state index contributed by atoms with van der Waals surface area (Å²) in [5, 5.41) is 8.83. The highest BCUT2D eigenvalue weighted by Gasteiger charge is 2.24. The van der Waals surface area contributed by atoms with Gasteiger partial charge in [0.1, 0.15) is 11.5 Å². The average molecular weight is 279 g/mol. The highest BCUT2D eigenvalue weighted by Crippen LogP contribution is 2.26. The molecule has 1 aliphatic rings. The van der Waals surface area contributed by atoms with Gasteiger partial charge in [-0.1, -0.05) is 0 Å². The van der Waals surface area contributed by atoms with Crippen molar-refractivity contribution in [3.63, 3.8) is 0 Å². The van der Waals surface area contributed by atoms with Crippen LogP contribution in [0.3, 0.4) is 0 Å². The molecule has 1 aromatic carbocycles.